The van der Waals surface area contributed by atoms with Crippen LogP contribution in [0.25, 0.3) is 0 Å². The summed E-state index contributed by atoms with van der Waals surface area (Å²) in [4.78, 5) is 24.0. The lowest BCUT2D eigenvalue weighted by molar-refractivity contribution is -0.227. The van der Waals surface area contributed by atoms with E-state index in [1.54, 1.807) is 0 Å². The molecule has 0 aliphatic carbocycles. The number of rotatable bonds is 1. The van der Waals surface area contributed by atoms with Crippen molar-refractivity contribution in [2.45, 2.75) is 12.6 Å². The van der Waals surface area contributed by atoms with E-state index < -0.39 is 29.3 Å². The van der Waals surface area contributed by atoms with Crippen molar-refractivity contribution >= 4 is 17.4 Å². The molecule has 19 heavy (non-hydrogen) atoms. The lowest BCUT2D eigenvalue weighted by Crippen LogP contribution is -2.53. The Hall–Kier alpha value is -1.93. The van der Waals surface area contributed by atoms with Crippen LogP contribution in [0.1, 0.15) is 5.56 Å². The number of carbonyl (C=O) groups excluding carboxylic acids is 2. The number of carbonyl (C=O) groups is 2. The highest BCUT2D eigenvalue weighted by atomic mass is 19.4. The molecule has 0 radical (unpaired) electrons. The molecule has 1 unspecified atom stereocenters. The molecule has 0 amide bonds. The van der Waals surface area contributed by atoms with Gasteiger partial charge in [-0.3, -0.25) is 9.63 Å². The van der Waals surface area contributed by atoms with Gasteiger partial charge >= 0.3 is 12.1 Å². The molecule has 8 heteroatoms. The second-order valence-corrected chi connectivity index (χ2v) is 4.05. The van der Waals surface area contributed by atoms with Crippen molar-refractivity contribution in [2.24, 2.45) is 0 Å². The summed E-state index contributed by atoms with van der Waals surface area (Å²) in [5.74, 6) is -3.21. The van der Waals surface area contributed by atoms with Gasteiger partial charge in [-0.05, 0) is 0 Å². The van der Waals surface area contributed by atoms with Crippen LogP contribution in [0.5, 0.6) is 0 Å². The number of halogens is 3. The summed E-state index contributed by atoms with van der Waals surface area (Å²) in [6.45, 7) is -0.862. The largest absolute Gasteiger partial charge is 0.583 e. The highest BCUT2D eigenvalue weighted by Crippen LogP contribution is 2.33. The van der Waals surface area contributed by atoms with E-state index in [1.165, 1.54) is 24.3 Å². The minimum absolute atomic E-state index is 0.0675. The minimum atomic E-state index is -5.29. The molecule has 0 saturated heterocycles. The van der Waals surface area contributed by atoms with E-state index in [-0.39, 0.29) is 17.7 Å². The van der Waals surface area contributed by atoms with Crippen LogP contribution in [0, 0.1) is 5.21 Å². The van der Waals surface area contributed by atoms with Crippen molar-refractivity contribution in [1.29, 1.82) is 0 Å². The van der Waals surface area contributed by atoms with E-state index in [0.717, 1.165) is 0 Å². The van der Waals surface area contributed by atoms with E-state index >= 15 is 0 Å². The number of hydrogen-bond acceptors (Lipinski definition) is 4. The highest BCUT2D eigenvalue weighted by molar-refractivity contribution is 5.89. The molecular weight excluding hydrogens is 267 g/mol. The maximum Gasteiger partial charge on any atom is 0.497 e. The van der Waals surface area contributed by atoms with Gasteiger partial charge in [0.15, 0.2) is 18.0 Å². The Morgan fingerprint density at radius 2 is 1.95 bits per heavy atom. The SMILES string of the molecule is O=C1Cc2ccccc2[N+]([O-])(OC(=O)C(F)(F)F)C1. The van der Waals surface area contributed by atoms with Gasteiger partial charge in [-0.2, -0.15) is 13.2 Å². The van der Waals surface area contributed by atoms with Gasteiger partial charge in [0.1, 0.15) is 0 Å². The first-order valence-corrected chi connectivity index (χ1v) is 5.22. The zero-order valence-corrected chi connectivity index (χ0v) is 9.44. The molecule has 0 saturated carbocycles. The van der Waals surface area contributed by atoms with Crippen LogP contribution in [-0.4, -0.2) is 24.5 Å². The zero-order valence-electron chi connectivity index (χ0n) is 9.44. The number of para-hydroxylation sites is 1. The second-order valence-electron chi connectivity index (χ2n) is 4.05. The van der Waals surface area contributed by atoms with E-state index in [0.29, 0.717) is 0 Å². The fourth-order valence-electron chi connectivity index (χ4n) is 1.85. The number of benzene rings is 1. The summed E-state index contributed by atoms with van der Waals surface area (Å²) < 4.78 is 36.4. The minimum Gasteiger partial charge on any atom is -0.583 e. The van der Waals surface area contributed by atoms with Crippen LogP contribution >= 0.6 is 0 Å². The fraction of sp³-hybridized carbons (Fsp3) is 0.273. The molecule has 1 aromatic rings. The number of Topliss-reactive ketones (excluding diaryl/α,β-unsaturated/α-hetero) is 1. The van der Waals surface area contributed by atoms with Crippen molar-refractivity contribution < 1.29 is 27.6 Å². The number of nitrogens with zero attached hydrogens (tertiary/aromatic N) is 1. The van der Waals surface area contributed by atoms with Gasteiger partial charge in [0.05, 0.1) is 0 Å². The average Bonchev–Trinajstić information content (AvgIpc) is 2.27. The molecule has 0 fully saturated rings. The molecule has 0 bridgehead atoms. The number of ketones is 1. The summed E-state index contributed by atoms with van der Waals surface area (Å²) >= 11 is 0. The fourth-order valence-corrected chi connectivity index (χ4v) is 1.85. The lowest BCUT2D eigenvalue weighted by Gasteiger charge is -2.39. The Morgan fingerprint density at radius 1 is 1.32 bits per heavy atom. The Balaban J connectivity index is 2.38. The third-order valence-corrected chi connectivity index (χ3v) is 2.59. The van der Waals surface area contributed by atoms with Gasteiger partial charge in [-0.15, -0.1) is 4.81 Å². The quantitative estimate of drug-likeness (QED) is 0.577. The molecule has 1 heterocycles. The van der Waals surface area contributed by atoms with E-state index in [1.807, 2.05) is 0 Å². The van der Waals surface area contributed by atoms with Gasteiger partial charge in [0.2, 0.25) is 0 Å². The molecule has 0 N–H and O–H groups in total. The van der Waals surface area contributed by atoms with Crippen LogP contribution < -0.4 is 4.81 Å². The molecule has 0 aromatic heterocycles. The first kappa shape index (κ1) is 13.5. The zero-order chi connectivity index (χ0) is 14.3. The standard InChI is InChI=1S/C11H8F3NO4/c12-11(13,14)10(17)19-15(18)6-8(16)5-7-3-1-2-4-9(7)15/h1-4H,5-6H2. The van der Waals surface area contributed by atoms with Crippen molar-refractivity contribution in [3.63, 3.8) is 0 Å². The van der Waals surface area contributed by atoms with Gasteiger partial charge in [0, 0.05) is 18.1 Å². The maximum atomic E-state index is 12.2. The molecule has 1 aliphatic rings. The molecule has 102 valence electrons. The van der Waals surface area contributed by atoms with E-state index in [4.69, 9.17) is 0 Å². The first-order valence-electron chi connectivity index (χ1n) is 5.22. The molecule has 1 aromatic carbocycles. The normalized spacial score (nSPS) is 22.8. The van der Waals surface area contributed by atoms with Crippen molar-refractivity contribution in [1.82, 2.24) is 4.81 Å². The number of quaternary nitrogens is 1. The third-order valence-electron chi connectivity index (χ3n) is 2.59. The molecule has 5 nitrogen and oxygen atoms in total. The van der Waals surface area contributed by atoms with Gasteiger partial charge < -0.3 is 5.21 Å². The van der Waals surface area contributed by atoms with Crippen LogP contribution in [0.2, 0.25) is 0 Å². The highest BCUT2D eigenvalue weighted by Gasteiger charge is 2.48. The summed E-state index contributed by atoms with van der Waals surface area (Å²) in [6.07, 6.45) is -5.35. The monoisotopic (exact) mass is 275 g/mol. The number of hydroxylamine groups is 2. The average molecular weight is 275 g/mol. The molecule has 1 atom stereocenters. The summed E-state index contributed by atoms with van der Waals surface area (Å²) in [5.41, 5.74) is 0.0865. The Morgan fingerprint density at radius 3 is 2.58 bits per heavy atom. The number of alkyl halides is 3. The van der Waals surface area contributed by atoms with Crippen molar-refractivity contribution in [2.75, 3.05) is 6.54 Å². The summed E-state index contributed by atoms with van der Waals surface area (Å²) in [7, 11) is 0. The molecule has 1 aliphatic heterocycles. The third kappa shape index (κ3) is 2.59. The van der Waals surface area contributed by atoms with Crippen LogP contribution in [0.3, 0.4) is 0 Å². The summed E-state index contributed by atoms with van der Waals surface area (Å²) in [5, 5.41) is 12.2. The summed E-state index contributed by atoms with van der Waals surface area (Å²) in [6, 6.07) is 5.62. The predicted molar refractivity (Wildman–Crippen MR) is 57.3 cm³/mol. The van der Waals surface area contributed by atoms with E-state index in [2.05, 4.69) is 4.84 Å². The van der Waals surface area contributed by atoms with Crippen LogP contribution in [0.4, 0.5) is 18.9 Å². The number of hydrogen-bond donors (Lipinski definition) is 0. The smallest absolute Gasteiger partial charge is 0.497 e. The van der Waals surface area contributed by atoms with Gasteiger partial charge in [0.25, 0.3) is 0 Å². The Labute approximate surface area is 105 Å². The Kier molecular flexibility index (Phi) is 3.07. The van der Waals surface area contributed by atoms with Gasteiger partial charge in [-0.1, -0.05) is 18.2 Å². The molecule has 2 rings (SSSR count). The molecule has 0 spiro atoms. The van der Waals surface area contributed by atoms with Crippen molar-refractivity contribution in [3.8, 4) is 0 Å². The topological polar surface area (TPSA) is 66.4 Å². The number of fused-ring (bicyclic) bond motifs is 1. The van der Waals surface area contributed by atoms with Crippen LogP contribution in [-0.2, 0) is 20.8 Å². The predicted octanol–water partition coefficient (Wildman–Crippen LogP) is 1.64. The first-order chi connectivity index (χ1) is 8.72. The second kappa shape index (κ2) is 4.32. The maximum absolute atomic E-state index is 12.2. The Bertz CT molecular complexity index is 543. The van der Waals surface area contributed by atoms with Crippen molar-refractivity contribution in [3.05, 3.63) is 35.0 Å². The lowest BCUT2D eigenvalue weighted by atomic mass is 10.0. The van der Waals surface area contributed by atoms with Gasteiger partial charge in [-0.25, -0.2) is 4.79 Å². The van der Waals surface area contributed by atoms with Crippen LogP contribution in [0.15, 0.2) is 24.3 Å². The molecular formula is C11H8F3NO4. The van der Waals surface area contributed by atoms with E-state index in [9.17, 15) is 28.0 Å².